The highest BCUT2D eigenvalue weighted by Crippen LogP contribution is 2.27. The number of hydrogen-bond acceptors (Lipinski definition) is 5. The first-order valence-corrected chi connectivity index (χ1v) is 8.03. The number of hydrogen-bond donors (Lipinski definition) is 1. The molecule has 8 heteroatoms. The molecule has 2 aromatic heterocycles. The van der Waals surface area contributed by atoms with Crippen molar-refractivity contribution in [1.29, 1.82) is 0 Å². The van der Waals surface area contributed by atoms with Gasteiger partial charge in [-0.3, -0.25) is 0 Å². The predicted octanol–water partition coefficient (Wildman–Crippen LogP) is 3.49. The quantitative estimate of drug-likeness (QED) is 0.584. The Morgan fingerprint density at radius 1 is 1.29 bits per heavy atom. The van der Waals surface area contributed by atoms with E-state index in [1.807, 2.05) is 29.0 Å². The fourth-order valence-corrected chi connectivity index (χ4v) is 3.12. The first-order chi connectivity index (χ1) is 10.1. The molecule has 3 rings (SSSR count). The Bertz CT molecular complexity index is 818. The minimum Gasteiger partial charge on any atom is -0.382 e. The molecule has 0 saturated heterocycles. The summed E-state index contributed by atoms with van der Waals surface area (Å²) in [4.78, 5) is 13.4. The molecule has 2 heterocycles. The zero-order valence-electron chi connectivity index (χ0n) is 11.0. The molecule has 0 saturated carbocycles. The van der Waals surface area contributed by atoms with Crippen molar-refractivity contribution in [2.45, 2.75) is 11.4 Å². The van der Waals surface area contributed by atoms with Crippen LogP contribution in [-0.4, -0.2) is 25.8 Å². The van der Waals surface area contributed by atoms with Gasteiger partial charge in [-0.15, -0.1) is 11.8 Å². The molecule has 0 radical (unpaired) electrons. The number of fused-ring (bicyclic) bond motifs is 1. The summed E-state index contributed by atoms with van der Waals surface area (Å²) in [7, 11) is 0. The molecule has 0 spiro atoms. The lowest BCUT2D eigenvalue weighted by Gasteiger charge is -2.07. The normalized spacial score (nSPS) is 11.2. The van der Waals surface area contributed by atoms with Crippen LogP contribution in [-0.2, 0) is 6.54 Å². The van der Waals surface area contributed by atoms with Crippen molar-refractivity contribution < 1.29 is 0 Å². The van der Waals surface area contributed by atoms with Crippen LogP contribution in [0.1, 0.15) is 5.56 Å². The maximum atomic E-state index is 6.23. The first-order valence-electron chi connectivity index (χ1n) is 6.04. The topological polar surface area (TPSA) is 69.6 Å². The second kappa shape index (κ2) is 5.71. The molecule has 2 N–H and O–H groups in total. The largest absolute Gasteiger partial charge is 0.382 e. The standard InChI is InChI=1S/C13H11Cl2N5S/c1-21-9-3-2-7(4-8(9)14)5-20-6-17-10-11(16)18-13(15)19-12(10)20/h2-4,6H,5H2,1H3,(H2,16,18,19). The lowest BCUT2D eigenvalue weighted by Crippen LogP contribution is -2.01. The number of halogens is 2. The number of benzene rings is 1. The van der Waals surface area contributed by atoms with Gasteiger partial charge in [0.1, 0.15) is 5.52 Å². The van der Waals surface area contributed by atoms with Crippen molar-refractivity contribution in [2.75, 3.05) is 12.0 Å². The fraction of sp³-hybridized carbons (Fsp3) is 0.154. The van der Waals surface area contributed by atoms with Crippen molar-refractivity contribution in [2.24, 2.45) is 0 Å². The summed E-state index contributed by atoms with van der Waals surface area (Å²) >= 11 is 13.7. The van der Waals surface area contributed by atoms with Gasteiger partial charge in [-0.2, -0.15) is 9.97 Å². The van der Waals surface area contributed by atoms with E-state index in [9.17, 15) is 0 Å². The van der Waals surface area contributed by atoms with E-state index < -0.39 is 0 Å². The van der Waals surface area contributed by atoms with Crippen LogP contribution in [0.5, 0.6) is 0 Å². The second-order valence-corrected chi connectivity index (χ2v) is 5.98. The first kappa shape index (κ1) is 14.4. The maximum Gasteiger partial charge on any atom is 0.226 e. The molecule has 0 bridgehead atoms. The smallest absolute Gasteiger partial charge is 0.226 e. The Kier molecular flexibility index (Phi) is 3.93. The molecule has 0 fully saturated rings. The van der Waals surface area contributed by atoms with E-state index in [2.05, 4.69) is 15.0 Å². The van der Waals surface area contributed by atoms with E-state index in [4.69, 9.17) is 28.9 Å². The second-order valence-electron chi connectivity index (χ2n) is 4.39. The molecule has 0 aliphatic rings. The van der Waals surface area contributed by atoms with E-state index >= 15 is 0 Å². The Balaban J connectivity index is 2.00. The number of rotatable bonds is 3. The minimum atomic E-state index is 0.109. The number of aromatic nitrogens is 4. The highest BCUT2D eigenvalue weighted by atomic mass is 35.5. The summed E-state index contributed by atoms with van der Waals surface area (Å²) in [6.07, 6.45) is 3.66. The molecule has 0 aliphatic heterocycles. The fourth-order valence-electron chi connectivity index (χ4n) is 2.06. The van der Waals surface area contributed by atoms with Gasteiger partial charge < -0.3 is 10.3 Å². The van der Waals surface area contributed by atoms with Crippen molar-refractivity contribution >= 4 is 51.9 Å². The van der Waals surface area contributed by atoms with Crippen LogP contribution >= 0.6 is 35.0 Å². The number of imidazole rings is 1. The third kappa shape index (κ3) is 2.79. The summed E-state index contributed by atoms with van der Waals surface area (Å²) in [5.74, 6) is 0.277. The predicted molar refractivity (Wildman–Crippen MR) is 87.1 cm³/mol. The van der Waals surface area contributed by atoms with Crippen molar-refractivity contribution in [1.82, 2.24) is 19.5 Å². The number of anilines is 1. The molecule has 5 nitrogen and oxygen atoms in total. The molecule has 3 aromatic rings. The van der Waals surface area contributed by atoms with Crippen LogP contribution in [0, 0.1) is 0 Å². The Hall–Kier alpha value is -1.50. The number of thioether (sulfide) groups is 1. The van der Waals surface area contributed by atoms with Crippen LogP contribution in [0.25, 0.3) is 11.2 Å². The number of nitrogen functional groups attached to an aromatic ring is 1. The molecular weight excluding hydrogens is 329 g/mol. The van der Waals surface area contributed by atoms with Gasteiger partial charge >= 0.3 is 0 Å². The molecule has 0 atom stereocenters. The van der Waals surface area contributed by atoms with Gasteiger partial charge in [-0.05, 0) is 35.6 Å². The van der Waals surface area contributed by atoms with Crippen LogP contribution in [0.15, 0.2) is 29.4 Å². The van der Waals surface area contributed by atoms with E-state index in [0.29, 0.717) is 17.7 Å². The third-order valence-corrected chi connectivity index (χ3v) is 4.42. The number of nitrogens with zero attached hydrogens (tertiary/aromatic N) is 4. The van der Waals surface area contributed by atoms with Crippen LogP contribution in [0.3, 0.4) is 0 Å². The third-order valence-electron chi connectivity index (χ3n) is 3.03. The maximum absolute atomic E-state index is 6.23. The van der Waals surface area contributed by atoms with Gasteiger partial charge in [0.2, 0.25) is 5.28 Å². The minimum absolute atomic E-state index is 0.109. The van der Waals surface area contributed by atoms with Crippen molar-refractivity contribution in [3.8, 4) is 0 Å². The summed E-state index contributed by atoms with van der Waals surface area (Å²) < 4.78 is 1.86. The summed E-state index contributed by atoms with van der Waals surface area (Å²) in [5.41, 5.74) is 7.99. The molecular formula is C13H11Cl2N5S. The summed E-state index contributed by atoms with van der Waals surface area (Å²) in [6, 6.07) is 5.96. The molecule has 21 heavy (non-hydrogen) atoms. The van der Waals surface area contributed by atoms with Crippen LogP contribution < -0.4 is 5.73 Å². The molecule has 0 aliphatic carbocycles. The van der Waals surface area contributed by atoms with Crippen molar-refractivity contribution in [3.63, 3.8) is 0 Å². The van der Waals surface area contributed by atoms with Gasteiger partial charge in [0.25, 0.3) is 0 Å². The lowest BCUT2D eigenvalue weighted by molar-refractivity contribution is 0.812. The van der Waals surface area contributed by atoms with Gasteiger partial charge in [0.05, 0.1) is 17.9 Å². The van der Waals surface area contributed by atoms with E-state index in [1.165, 1.54) is 0 Å². The van der Waals surface area contributed by atoms with Crippen LogP contribution in [0.2, 0.25) is 10.3 Å². The summed E-state index contributed by atoms with van der Waals surface area (Å²) in [5, 5.41) is 0.842. The monoisotopic (exact) mass is 339 g/mol. The van der Waals surface area contributed by atoms with Gasteiger partial charge in [0.15, 0.2) is 11.5 Å². The molecule has 0 unspecified atom stereocenters. The highest BCUT2D eigenvalue weighted by Gasteiger charge is 2.11. The van der Waals surface area contributed by atoms with Gasteiger partial charge in [-0.25, -0.2) is 4.98 Å². The van der Waals surface area contributed by atoms with E-state index in [1.54, 1.807) is 18.1 Å². The Morgan fingerprint density at radius 3 is 2.81 bits per heavy atom. The van der Waals surface area contributed by atoms with Crippen molar-refractivity contribution in [3.05, 3.63) is 40.4 Å². The van der Waals surface area contributed by atoms with E-state index in [-0.39, 0.29) is 11.1 Å². The SMILES string of the molecule is CSc1ccc(Cn2cnc3c(N)nc(Cl)nc32)cc1Cl. The van der Waals surface area contributed by atoms with Crippen LogP contribution in [0.4, 0.5) is 5.82 Å². The zero-order chi connectivity index (χ0) is 15.0. The lowest BCUT2D eigenvalue weighted by atomic mass is 10.2. The molecule has 0 amide bonds. The van der Waals surface area contributed by atoms with E-state index in [0.717, 1.165) is 15.5 Å². The highest BCUT2D eigenvalue weighted by molar-refractivity contribution is 7.98. The average molecular weight is 340 g/mol. The summed E-state index contributed by atoms with van der Waals surface area (Å²) in [6.45, 7) is 0.581. The zero-order valence-corrected chi connectivity index (χ0v) is 13.4. The Morgan fingerprint density at radius 2 is 2.10 bits per heavy atom. The average Bonchev–Trinajstić information content (AvgIpc) is 2.82. The van der Waals surface area contributed by atoms with Gasteiger partial charge in [0, 0.05) is 4.90 Å². The molecule has 108 valence electrons. The number of nitrogens with two attached hydrogens (primary N) is 1. The Labute approximate surface area is 135 Å². The molecule has 1 aromatic carbocycles. The van der Waals surface area contributed by atoms with Gasteiger partial charge in [-0.1, -0.05) is 17.7 Å².